The van der Waals surface area contributed by atoms with Crippen LogP contribution in [0.2, 0.25) is 0 Å². The molecular formula is C26H28N6O3S. The van der Waals surface area contributed by atoms with Crippen LogP contribution in [-0.2, 0) is 0 Å². The van der Waals surface area contributed by atoms with Gasteiger partial charge in [0.25, 0.3) is 5.91 Å². The van der Waals surface area contributed by atoms with E-state index in [4.69, 9.17) is 10.1 Å². The quantitative estimate of drug-likeness (QED) is 0.352. The van der Waals surface area contributed by atoms with Crippen molar-refractivity contribution in [2.75, 3.05) is 49.5 Å². The molecule has 3 aromatic heterocycles. The fraction of sp³-hybridized carbons (Fsp3) is 0.308. The molecular weight excluding hydrogens is 476 g/mol. The molecule has 0 aliphatic carbocycles. The van der Waals surface area contributed by atoms with Gasteiger partial charge < -0.3 is 25.3 Å². The van der Waals surface area contributed by atoms with Crippen molar-refractivity contribution in [3.05, 3.63) is 65.3 Å². The molecule has 5 rings (SSSR count). The highest BCUT2D eigenvalue weighted by Gasteiger charge is 2.26. The first-order valence-corrected chi connectivity index (χ1v) is 12.7. The fourth-order valence-corrected chi connectivity index (χ4v) is 5.10. The first kappa shape index (κ1) is 24.1. The molecule has 1 fully saturated rings. The van der Waals surface area contributed by atoms with Crippen LogP contribution >= 0.6 is 11.3 Å². The monoisotopic (exact) mass is 504 g/mol. The molecule has 10 heteroatoms. The van der Waals surface area contributed by atoms with E-state index in [2.05, 4.69) is 26.3 Å². The number of aliphatic hydroxyl groups excluding tert-OH is 2. The number of nitrogens with one attached hydrogen (secondary N) is 1. The number of aromatic nitrogens is 3. The highest BCUT2D eigenvalue weighted by atomic mass is 32.1. The summed E-state index contributed by atoms with van der Waals surface area (Å²) in [5.74, 6) is 1.14. The summed E-state index contributed by atoms with van der Waals surface area (Å²) >= 11 is 1.58. The molecule has 1 aliphatic heterocycles. The Morgan fingerprint density at radius 1 is 1.08 bits per heavy atom. The SMILES string of the molecule is Cc1cc2c(N3CCN(C(=O)c4ccc(-c5ccccc5)cn4)CC3)nc(NC[C@H](O)CO)nc2s1. The van der Waals surface area contributed by atoms with Gasteiger partial charge in [0.15, 0.2) is 0 Å². The van der Waals surface area contributed by atoms with Crippen molar-refractivity contribution in [2.45, 2.75) is 13.0 Å². The van der Waals surface area contributed by atoms with Crippen LogP contribution in [0.25, 0.3) is 21.3 Å². The summed E-state index contributed by atoms with van der Waals surface area (Å²) < 4.78 is 0. The standard InChI is InChI=1S/C26H28N6O3S/c1-17-13-21-23(29-26(30-24(21)36-17)28-15-20(34)16-33)31-9-11-32(12-10-31)25(35)22-8-7-19(14-27-22)18-5-3-2-4-6-18/h2-8,13-14,20,33-34H,9-12,15-16H2,1H3,(H,28,29,30)/t20-/m0/s1. The summed E-state index contributed by atoms with van der Waals surface area (Å²) in [5, 5.41) is 22.8. The molecule has 3 N–H and O–H groups in total. The van der Waals surface area contributed by atoms with Gasteiger partial charge in [0.1, 0.15) is 16.3 Å². The summed E-state index contributed by atoms with van der Waals surface area (Å²) in [7, 11) is 0. The number of fused-ring (bicyclic) bond motifs is 1. The van der Waals surface area contributed by atoms with Gasteiger partial charge in [-0.2, -0.15) is 4.98 Å². The Kier molecular flexibility index (Phi) is 7.08. The van der Waals surface area contributed by atoms with Crippen LogP contribution in [0.3, 0.4) is 0 Å². The molecule has 1 aliphatic rings. The third-order valence-corrected chi connectivity index (χ3v) is 7.10. The van der Waals surface area contributed by atoms with Crippen LogP contribution in [0.1, 0.15) is 15.4 Å². The molecule has 36 heavy (non-hydrogen) atoms. The molecule has 9 nitrogen and oxygen atoms in total. The van der Waals surface area contributed by atoms with Crippen molar-refractivity contribution in [1.29, 1.82) is 0 Å². The number of carbonyl (C=O) groups is 1. The van der Waals surface area contributed by atoms with E-state index in [0.717, 1.165) is 32.0 Å². The van der Waals surface area contributed by atoms with Gasteiger partial charge >= 0.3 is 0 Å². The number of nitrogens with zero attached hydrogens (tertiary/aromatic N) is 5. The van der Waals surface area contributed by atoms with Gasteiger partial charge in [0.2, 0.25) is 5.95 Å². The Labute approximate surface area is 213 Å². The maximum absolute atomic E-state index is 13.1. The van der Waals surface area contributed by atoms with E-state index in [1.165, 1.54) is 0 Å². The number of thiophene rings is 1. The second kappa shape index (κ2) is 10.6. The summed E-state index contributed by atoms with van der Waals surface area (Å²) in [6.45, 7) is 4.24. The number of benzene rings is 1. The summed E-state index contributed by atoms with van der Waals surface area (Å²) in [4.78, 5) is 32.8. The third-order valence-electron chi connectivity index (χ3n) is 6.16. The van der Waals surface area contributed by atoms with Crippen molar-refractivity contribution in [2.24, 2.45) is 0 Å². The van der Waals surface area contributed by atoms with Crippen LogP contribution < -0.4 is 10.2 Å². The second-order valence-electron chi connectivity index (χ2n) is 8.74. The Balaban J connectivity index is 1.28. The van der Waals surface area contributed by atoms with E-state index < -0.39 is 6.10 Å². The molecule has 0 saturated carbocycles. The van der Waals surface area contributed by atoms with E-state index >= 15 is 0 Å². The molecule has 1 aromatic carbocycles. The Bertz CT molecular complexity index is 1340. The van der Waals surface area contributed by atoms with Gasteiger partial charge in [-0.1, -0.05) is 36.4 Å². The number of rotatable bonds is 7. The highest BCUT2D eigenvalue weighted by Crippen LogP contribution is 2.32. The highest BCUT2D eigenvalue weighted by molar-refractivity contribution is 7.18. The largest absolute Gasteiger partial charge is 0.394 e. The number of piperazine rings is 1. The van der Waals surface area contributed by atoms with E-state index in [9.17, 15) is 9.90 Å². The summed E-state index contributed by atoms with van der Waals surface area (Å²) in [5.41, 5.74) is 2.49. The smallest absolute Gasteiger partial charge is 0.272 e. The maximum atomic E-state index is 13.1. The minimum atomic E-state index is -0.886. The van der Waals surface area contributed by atoms with Crippen LogP contribution in [0.4, 0.5) is 11.8 Å². The molecule has 0 bridgehead atoms. The van der Waals surface area contributed by atoms with E-state index in [0.29, 0.717) is 37.8 Å². The lowest BCUT2D eigenvalue weighted by Crippen LogP contribution is -2.49. The van der Waals surface area contributed by atoms with Crippen LogP contribution in [-0.4, -0.2) is 81.4 Å². The van der Waals surface area contributed by atoms with Crippen LogP contribution in [0, 0.1) is 6.92 Å². The first-order chi connectivity index (χ1) is 17.5. The lowest BCUT2D eigenvalue weighted by molar-refractivity contribution is 0.0740. The number of anilines is 2. The molecule has 0 spiro atoms. The number of aryl methyl sites for hydroxylation is 1. The number of carbonyl (C=O) groups excluding carboxylic acids is 1. The topological polar surface area (TPSA) is 115 Å². The minimum absolute atomic E-state index is 0.0752. The molecule has 0 radical (unpaired) electrons. The summed E-state index contributed by atoms with van der Waals surface area (Å²) in [6.07, 6.45) is 0.861. The maximum Gasteiger partial charge on any atom is 0.272 e. The third kappa shape index (κ3) is 5.15. The first-order valence-electron chi connectivity index (χ1n) is 11.9. The van der Waals surface area contributed by atoms with Gasteiger partial charge in [-0.3, -0.25) is 9.78 Å². The zero-order chi connectivity index (χ0) is 25.1. The zero-order valence-corrected chi connectivity index (χ0v) is 20.8. The Morgan fingerprint density at radius 2 is 1.86 bits per heavy atom. The lowest BCUT2D eigenvalue weighted by atomic mass is 10.1. The van der Waals surface area contributed by atoms with Crippen molar-refractivity contribution >= 4 is 39.2 Å². The number of amides is 1. The molecule has 1 atom stereocenters. The average molecular weight is 505 g/mol. The summed E-state index contributed by atoms with van der Waals surface area (Å²) in [6, 6.07) is 15.8. The van der Waals surface area contributed by atoms with Crippen LogP contribution in [0.5, 0.6) is 0 Å². The van der Waals surface area contributed by atoms with Gasteiger partial charge in [-0.15, -0.1) is 11.3 Å². The Hall–Kier alpha value is -3.60. The van der Waals surface area contributed by atoms with Gasteiger partial charge in [-0.05, 0) is 24.6 Å². The van der Waals surface area contributed by atoms with Crippen molar-refractivity contribution < 1.29 is 15.0 Å². The number of aliphatic hydroxyl groups is 2. The number of hydrogen-bond donors (Lipinski definition) is 3. The predicted molar refractivity (Wildman–Crippen MR) is 142 cm³/mol. The van der Waals surface area contributed by atoms with Gasteiger partial charge in [0, 0.05) is 49.4 Å². The molecule has 4 aromatic rings. The van der Waals surface area contributed by atoms with Gasteiger partial charge in [0.05, 0.1) is 18.1 Å². The number of hydrogen-bond acceptors (Lipinski definition) is 9. The zero-order valence-electron chi connectivity index (χ0n) is 20.0. The van der Waals surface area contributed by atoms with Crippen molar-refractivity contribution in [1.82, 2.24) is 19.9 Å². The minimum Gasteiger partial charge on any atom is -0.394 e. The van der Waals surface area contributed by atoms with E-state index in [-0.39, 0.29) is 19.1 Å². The average Bonchev–Trinajstić information content (AvgIpc) is 3.31. The molecule has 1 amide bonds. The van der Waals surface area contributed by atoms with E-state index in [1.54, 1.807) is 23.6 Å². The fourth-order valence-electron chi connectivity index (χ4n) is 4.23. The molecule has 0 unspecified atom stereocenters. The van der Waals surface area contributed by atoms with Gasteiger partial charge in [-0.25, -0.2) is 4.98 Å². The predicted octanol–water partition coefficient (Wildman–Crippen LogP) is 2.79. The second-order valence-corrected chi connectivity index (χ2v) is 9.98. The van der Waals surface area contributed by atoms with Crippen molar-refractivity contribution in [3.63, 3.8) is 0 Å². The number of pyridine rings is 1. The lowest BCUT2D eigenvalue weighted by Gasteiger charge is -2.35. The normalized spacial score (nSPS) is 14.8. The van der Waals surface area contributed by atoms with Crippen molar-refractivity contribution in [3.8, 4) is 11.1 Å². The Morgan fingerprint density at radius 3 is 2.56 bits per heavy atom. The molecule has 4 heterocycles. The van der Waals surface area contributed by atoms with E-state index in [1.807, 2.05) is 48.2 Å². The van der Waals surface area contributed by atoms with Crippen LogP contribution in [0.15, 0.2) is 54.7 Å². The molecule has 1 saturated heterocycles. The molecule has 186 valence electrons.